The number of hydrogen-bond donors (Lipinski definition) is 1. The van der Waals surface area contributed by atoms with E-state index in [0.717, 1.165) is 32.1 Å². The Hall–Kier alpha value is -2.14. The highest BCUT2D eigenvalue weighted by Crippen LogP contribution is 2.39. The number of likely N-dealkylation sites (tertiary alicyclic amines) is 1. The van der Waals surface area contributed by atoms with Crippen LogP contribution in [0.25, 0.3) is 10.4 Å². The zero-order valence-corrected chi connectivity index (χ0v) is 18.0. The first-order valence-corrected chi connectivity index (χ1v) is 11.7. The lowest BCUT2D eigenvalue weighted by Crippen LogP contribution is -2.45. The summed E-state index contributed by atoms with van der Waals surface area (Å²) in [5.74, 6) is 0.515. The summed E-state index contributed by atoms with van der Waals surface area (Å²) in [6, 6.07) is 12.6. The fraction of sp³-hybridized carbons (Fsp3) is 0.500. The van der Waals surface area contributed by atoms with Crippen molar-refractivity contribution in [2.24, 2.45) is 11.3 Å². The summed E-state index contributed by atoms with van der Waals surface area (Å²) < 4.78 is 0. The van der Waals surface area contributed by atoms with E-state index in [2.05, 4.69) is 41.0 Å². The van der Waals surface area contributed by atoms with E-state index in [1.54, 1.807) is 11.3 Å². The van der Waals surface area contributed by atoms with E-state index in [1.165, 1.54) is 16.0 Å². The van der Waals surface area contributed by atoms with E-state index in [0.29, 0.717) is 26.1 Å². The monoisotopic (exact) mass is 410 g/mol. The maximum Gasteiger partial charge on any atom is 0.228 e. The van der Waals surface area contributed by atoms with Gasteiger partial charge in [-0.3, -0.25) is 9.59 Å². The van der Waals surface area contributed by atoms with Crippen LogP contribution in [0.2, 0.25) is 0 Å². The van der Waals surface area contributed by atoms with Gasteiger partial charge in [-0.25, -0.2) is 0 Å². The number of benzene rings is 1. The van der Waals surface area contributed by atoms with Gasteiger partial charge in [0.2, 0.25) is 11.8 Å². The second-order valence-corrected chi connectivity index (χ2v) is 9.39. The molecule has 29 heavy (non-hydrogen) atoms. The first kappa shape index (κ1) is 20.1. The van der Waals surface area contributed by atoms with Crippen molar-refractivity contribution in [1.29, 1.82) is 0 Å². The molecule has 0 unspecified atom stereocenters. The normalized spacial score (nSPS) is 22.2. The Morgan fingerprint density at radius 1 is 1.17 bits per heavy atom. The number of thiophene rings is 1. The summed E-state index contributed by atoms with van der Waals surface area (Å²) in [4.78, 5) is 29.4. The molecule has 0 bridgehead atoms. The van der Waals surface area contributed by atoms with Crippen molar-refractivity contribution >= 4 is 23.2 Å². The van der Waals surface area contributed by atoms with Gasteiger partial charge in [-0.1, -0.05) is 43.2 Å². The van der Waals surface area contributed by atoms with Gasteiger partial charge in [0.1, 0.15) is 0 Å². The van der Waals surface area contributed by atoms with Gasteiger partial charge in [-0.2, -0.15) is 0 Å². The average molecular weight is 411 g/mol. The number of hydrogen-bond acceptors (Lipinski definition) is 3. The second-order valence-electron chi connectivity index (χ2n) is 8.44. The summed E-state index contributed by atoms with van der Waals surface area (Å²) in [7, 11) is 0. The van der Waals surface area contributed by atoms with Crippen molar-refractivity contribution < 1.29 is 9.59 Å². The van der Waals surface area contributed by atoms with Crippen molar-refractivity contribution in [3.05, 3.63) is 47.3 Å². The van der Waals surface area contributed by atoms with E-state index in [-0.39, 0.29) is 17.7 Å². The molecule has 5 heteroatoms. The lowest BCUT2D eigenvalue weighted by Gasteiger charge is -2.29. The minimum atomic E-state index is -0.544. The minimum absolute atomic E-state index is 0.0858. The van der Waals surface area contributed by atoms with Gasteiger partial charge in [-0.05, 0) is 55.2 Å². The Bertz CT molecular complexity index is 858. The van der Waals surface area contributed by atoms with Gasteiger partial charge in [0, 0.05) is 30.4 Å². The van der Waals surface area contributed by atoms with Crippen LogP contribution in [0.3, 0.4) is 0 Å². The molecule has 2 amide bonds. The van der Waals surface area contributed by atoms with E-state index < -0.39 is 5.41 Å². The van der Waals surface area contributed by atoms with Gasteiger partial charge < -0.3 is 10.2 Å². The molecule has 0 radical (unpaired) electrons. The van der Waals surface area contributed by atoms with E-state index in [4.69, 9.17) is 0 Å². The summed E-state index contributed by atoms with van der Waals surface area (Å²) in [6.45, 7) is 3.80. The fourth-order valence-corrected chi connectivity index (χ4v) is 5.75. The first-order chi connectivity index (χ1) is 14.1. The van der Waals surface area contributed by atoms with Crippen LogP contribution in [-0.4, -0.2) is 36.3 Å². The van der Waals surface area contributed by atoms with E-state index in [9.17, 15) is 9.59 Å². The Balaban J connectivity index is 1.61. The Kier molecular flexibility index (Phi) is 6.04. The number of rotatable bonds is 6. The molecular weight excluding hydrogens is 380 g/mol. The molecular formula is C24H30N2O2S. The summed E-state index contributed by atoms with van der Waals surface area (Å²) in [6.07, 6.45) is 5.71. The van der Waals surface area contributed by atoms with Crippen LogP contribution in [-0.2, 0) is 16.0 Å². The zero-order valence-electron chi connectivity index (χ0n) is 17.2. The third-order valence-electron chi connectivity index (χ3n) is 6.52. The molecule has 1 aromatic carbocycles. The largest absolute Gasteiger partial charge is 0.356 e. The van der Waals surface area contributed by atoms with Crippen LogP contribution in [0.5, 0.6) is 0 Å². The molecule has 1 atom stereocenters. The number of amides is 2. The SMILES string of the molecule is CCNC(=O)[C@]1(Cc2ccccc2-c2cccs2)CCN(C(=O)C2CCCC2)C1. The van der Waals surface area contributed by atoms with E-state index >= 15 is 0 Å². The molecule has 2 aromatic rings. The fourth-order valence-electron chi connectivity index (χ4n) is 4.96. The van der Waals surface area contributed by atoms with Gasteiger partial charge in [0.05, 0.1) is 5.41 Å². The molecule has 154 valence electrons. The lowest BCUT2D eigenvalue weighted by molar-refractivity contribution is -0.136. The minimum Gasteiger partial charge on any atom is -0.356 e. The van der Waals surface area contributed by atoms with Crippen LogP contribution in [0.4, 0.5) is 0 Å². The van der Waals surface area contributed by atoms with E-state index in [1.807, 2.05) is 17.9 Å². The predicted octanol–water partition coefficient (Wildman–Crippen LogP) is 4.50. The highest BCUT2D eigenvalue weighted by atomic mass is 32.1. The molecule has 0 spiro atoms. The summed E-state index contributed by atoms with van der Waals surface area (Å²) in [5, 5.41) is 5.14. The Morgan fingerprint density at radius 2 is 1.97 bits per heavy atom. The van der Waals surface area contributed by atoms with Crippen LogP contribution in [0, 0.1) is 11.3 Å². The van der Waals surface area contributed by atoms with Crippen molar-refractivity contribution in [3.8, 4) is 10.4 Å². The molecule has 1 saturated heterocycles. The molecule has 2 aliphatic rings. The average Bonchev–Trinajstić information content (AvgIpc) is 3.50. The molecule has 1 N–H and O–H groups in total. The van der Waals surface area contributed by atoms with Crippen LogP contribution < -0.4 is 5.32 Å². The Labute approximate surface area is 177 Å². The molecule has 1 saturated carbocycles. The van der Waals surface area contributed by atoms with Gasteiger partial charge in [-0.15, -0.1) is 11.3 Å². The van der Waals surface area contributed by atoms with Gasteiger partial charge >= 0.3 is 0 Å². The molecule has 1 aliphatic heterocycles. The maximum atomic E-state index is 13.2. The molecule has 2 fully saturated rings. The highest BCUT2D eigenvalue weighted by Gasteiger charge is 2.47. The van der Waals surface area contributed by atoms with Crippen molar-refractivity contribution in [2.75, 3.05) is 19.6 Å². The van der Waals surface area contributed by atoms with Crippen molar-refractivity contribution in [1.82, 2.24) is 10.2 Å². The summed E-state index contributed by atoms with van der Waals surface area (Å²) >= 11 is 1.72. The second kappa shape index (κ2) is 8.70. The molecule has 1 aliphatic carbocycles. The smallest absolute Gasteiger partial charge is 0.228 e. The van der Waals surface area contributed by atoms with Crippen LogP contribution in [0.1, 0.15) is 44.6 Å². The number of nitrogens with zero attached hydrogens (tertiary/aromatic N) is 1. The molecule has 4 nitrogen and oxygen atoms in total. The summed E-state index contributed by atoms with van der Waals surface area (Å²) in [5.41, 5.74) is 1.85. The third kappa shape index (κ3) is 4.11. The Morgan fingerprint density at radius 3 is 2.69 bits per heavy atom. The maximum absolute atomic E-state index is 13.2. The van der Waals surface area contributed by atoms with Crippen molar-refractivity contribution in [2.45, 2.75) is 45.4 Å². The predicted molar refractivity (Wildman–Crippen MR) is 118 cm³/mol. The molecule has 2 heterocycles. The molecule has 4 rings (SSSR count). The van der Waals surface area contributed by atoms with Crippen LogP contribution >= 0.6 is 11.3 Å². The topological polar surface area (TPSA) is 49.4 Å². The van der Waals surface area contributed by atoms with Gasteiger partial charge in [0.25, 0.3) is 0 Å². The number of carbonyl (C=O) groups excluding carboxylic acids is 2. The van der Waals surface area contributed by atoms with Gasteiger partial charge in [0.15, 0.2) is 0 Å². The number of carbonyl (C=O) groups is 2. The number of nitrogens with one attached hydrogen (secondary N) is 1. The zero-order chi connectivity index (χ0) is 20.3. The standard InChI is InChI=1S/C24H30N2O2S/c1-2-25-23(28)24(13-14-26(17-24)22(27)18-8-3-4-9-18)16-19-10-5-6-11-20(19)21-12-7-15-29-21/h5-7,10-12,15,18H,2-4,8-9,13-14,16-17H2,1H3,(H,25,28)/t24-/m0/s1. The van der Waals surface area contributed by atoms with Crippen LogP contribution in [0.15, 0.2) is 41.8 Å². The molecule has 1 aromatic heterocycles. The first-order valence-electron chi connectivity index (χ1n) is 10.8. The third-order valence-corrected chi connectivity index (χ3v) is 7.42. The van der Waals surface area contributed by atoms with Crippen molar-refractivity contribution in [3.63, 3.8) is 0 Å². The highest BCUT2D eigenvalue weighted by molar-refractivity contribution is 7.13. The lowest BCUT2D eigenvalue weighted by atomic mass is 9.78. The quantitative estimate of drug-likeness (QED) is 0.762.